The lowest BCUT2D eigenvalue weighted by molar-refractivity contribution is 0.248. The highest BCUT2D eigenvalue weighted by molar-refractivity contribution is 7.09. The molecule has 0 saturated heterocycles. The summed E-state index contributed by atoms with van der Waals surface area (Å²) < 4.78 is 0. The number of hydrogen-bond acceptors (Lipinski definition) is 3. The molecular weight excluding hydrogens is 228 g/mol. The van der Waals surface area contributed by atoms with E-state index in [0.717, 1.165) is 31.7 Å². The van der Waals surface area contributed by atoms with Crippen LogP contribution in [0, 0.1) is 0 Å². The van der Waals surface area contributed by atoms with Crippen molar-refractivity contribution in [2.45, 2.75) is 19.5 Å². The van der Waals surface area contributed by atoms with Gasteiger partial charge in [0.15, 0.2) is 0 Å². The summed E-state index contributed by atoms with van der Waals surface area (Å²) in [6.45, 7) is 3.20. The third-order valence-electron chi connectivity index (χ3n) is 3.34. The smallest absolute Gasteiger partial charge is 0.0350 e. The van der Waals surface area contributed by atoms with Crippen LogP contribution in [-0.2, 0) is 19.5 Å². The van der Waals surface area contributed by atoms with Crippen molar-refractivity contribution in [2.24, 2.45) is 0 Å². The van der Waals surface area contributed by atoms with E-state index in [2.05, 4.69) is 34.5 Å². The van der Waals surface area contributed by atoms with Gasteiger partial charge in [-0.15, -0.1) is 11.3 Å². The number of hydrogen-bond donors (Lipinski definition) is 1. The average Bonchev–Trinajstić information content (AvgIpc) is 2.82. The molecule has 88 valence electrons. The molecule has 0 amide bonds. The summed E-state index contributed by atoms with van der Waals surface area (Å²) in [4.78, 5) is 3.94. The molecular formula is C14H16N2S. The van der Waals surface area contributed by atoms with Gasteiger partial charge in [0.25, 0.3) is 0 Å². The number of nitrogens with two attached hydrogens (primary N) is 1. The molecule has 2 heterocycles. The Morgan fingerprint density at radius 2 is 2.18 bits per heavy atom. The second-order valence-corrected chi connectivity index (χ2v) is 5.56. The van der Waals surface area contributed by atoms with E-state index in [1.807, 2.05) is 17.4 Å². The summed E-state index contributed by atoms with van der Waals surface area (Å²) in [5.74, 6) is 0. The summed E-state index contributed by atoms with van der Waals surface area (Å²) in [7, 11) is 0. The Balaban J connectivity index is 1.77. The van der Waals surface area contributed by atoms with Crippen LogP contribution in [0.3, 0.4) is 0 Å². The Morgan fingerprint density at radius 1 is 1.24 bits per heavy atom. The van der Waals surface area contributed by atoms with E-state index in [1.54, 1.807) is 0 Å². The lowest BCUT2D eigenvalue weighted by Crippen LogP contribution is -2.30. The second kappa shape index (κ2) is 4.51. The van der Waals surface area contributed by atoms with Gasteiger partial charge in [-0.2, -0.15) is 0 Å². The van der Waals surface area contributed by atoms with E-state index in [-0.39, 0.29) is 0 Å². The van der Waals surface area contributed by atoms with Crippen LogP contribution in [0.15, 0.2) is 35.7 Å². The van der Waals surface area contributed by atoms with Gasteiger partial charge in [0.05, 0.1) is 0 Å². The zero-order valence-electron chi connectivity index (χ0n) is 9.73. The highest BCUT2D eigenvalue weighted by atomic mass is 32.1. The minimum Gasteiger partial charge on any atom is -0.398 e. The van der Waals surface area contributed by atoms with Gasteiger partial charge < -0.3 is 5.73 Å². The minimum absolute atomic E-state index is 0.957. The monoisotopic (exact) mass is 244 g/mol. The summed E-state index contributed by atoms with van der Waals surface area (Å²) >= 11 is 1.83. The molecule has 2 N–H and O–H groups in total. The van der Waals surface area contributed by atoms with Crippen molar-refractivity contribution in [3.8, 4) is 0 Å². The second-order valence-electron chi connectivity index (χ2n) is 4.52. The van der Waals surface area contributed by atoms with Gasteiger partial charge in [0, 0.05) is 30.2 Å². The van der Waals surface area contributed by atoms with E-state index in [4.69, 9.17) is 5.73 Å². The van der Waals surface area contributed by atoms with Crippen molar-refractivity contribution >= 4 is 17.0 Å². The molecule has 0 fully saturated rings. The van der Waals surface area contributed by atoms with Crippen molar-refractivity contribution in [1.82, 2.24) is 4.90 Å². The maximum absolute atomic E-state index is 6.01. The predicted molar refractivity (Wildman–Crippen MR) is 73.0 cm³/mol. The molecule has 17 heavy (non-hydrogen) atoms. The number of rotatable bonds is 2. The number of nitrogens with zero attached hydrogens (tertiary/aromatic N) is 1. The molecule has 3 heteroatoms. The normalized spacial score (nSPS) is 15.8. The summed E-state index contributed by atoms with van der Waals surface area (Å²) in [5, 5.41) is 2.14. The molecule has 0 aliphatic carbocycles. The van der Waals surface area contributed by atoms with Crippen molar-refractivity contribution in [3.63, 3.8) is 0 Å². The lowest BCUT2D eigenvalue weighted by atomic mass is 9.98. The van der Waals surface area contributed by atoms with E-state index < -0.39 is 0 Å². The molecule has 2 nitrogen and oxygen atoms in total. The first-order chi connectivity index (χ1) is 8.33. The fraction of sp³-hybridized carbons (Fsp3) is 0.286. The Hall–Kier alpha value is -1.32. The van der Waals surface area contributed by atoms with Crippen molar-refractivity contribution in [3.05, 3.63) is 51.7 Å². The maximum atomic E-state index is 6.01. The summed E-state index contributed by atoms with van der Waals surface area (Å²) in [6.07, 6.45) is 1.08. The quantitative estimate of drug-likeness (QED) is 0.823. The Morgan fingerprint density at radius 3 is 3.00 bits per heavy atom. The van der Waals surface area contributed by atoms with Gasteiger partial charge in [-0.05, 0) is 35.1 Å². The van der Waals surface area contributed by atoms with Gasteiger partial charge in [-0.3, -0.25) is 4.90 Å². The summed E-state index contributed by atoms with van der Waals surface area (Å²) in [6, 6.07) is 10.6. The number of nitrogen functional groups attached to an aromatic ring is 1. The molecule has 1 aliphatic rings. The third-order valence-corrected chi connectivity index (χ3v) is 4.20. The van der Waals surface area contributed by atoms with Crippen LogP contribution in [0.2, 0.25) is 0 Å². The molecule has 0 atom stereocenters. The van der Waals surface area contributed by atoms with Crippen LogP contribution >= 0.6 is 11.3 Å². The van der Waals surface area contributed by atoms with Gasteiger partial charge in [0.2, 0.25) is 0 Å². The van der Waals surface area contributed by atoms with Crippen molar-refractivity contribution in [2.75, 3.05) is 12.3 Å². The van der Waals surface area contributed by atoms with Gasteiger partial charge in [-0.1, -0.05) is 18.2 Å². The first kappa shape index (κ1) is 10.8. The number of benzene rings is 1. The summed E-state index contributed by atoms with van der Waals surface area (Å²) in [5.41, 5.74) is 9.72. The lowest BCUT2D eigenvalue weighted by Gasteiger charge is -2.29. The van der Waals surface area contributed by atoms with E-state index in [9.17, 15) is 0 Å². The zero-order chi connectivity index (χ0) is 11.7. The fourth-order valence-corrected chi connectivity index (χ4v) is 3.20. The molecule has 1 aromatic heterocycles. The predicted octanol–water partition coefficient (Wildman–Crippen LogP) is 2.89. The maximum Gasteiger partial charge on any atom is 0.0350 e. The fourth-order valence-electron chi connectivity index (χ4n) is 2.46. The van der Waals surface area contributed by atoms with Crippen molar-refractivity contribution < 1.29 is 0 Å². The van der Waals surface area contributed by atoms with E-state index in [0.29, 0.717) is 0 Å². The Kier molecular flexibility index (Phi) is 2.87. The number of fused-ring (bicyclic) bond motifs is 1. The molecule has 1 aliphatic heterocycles. The van der Waals surface area contributed by atoms with Gasteiger partial charge in [-0.25, -0.2) is 0 Å². The third kappa shape index (κ3) is 2.21. The SMILES string of the molecule is Nc1cccc2c1CCN(Cc1cccs1)C2. The molecule has 1 aromatic carbocycles. The molecule has 0 bridgehead atoms. The van der Waals surface area contributed by atoms with Gasteiger partial charge in [0.1, 0.15) is 0 Å². The molecule has 0 saturated carbocycles. The highest BCUT2D eigenvalue weighted by Crippen LogP contribution is 2.25. The highest BCUT2D eigenvalue weighted by Gasteiger charge is 2.17. The van der Waals surface area contributed by atoms with E-state index in [1.165, 1.54) is 16.0 Å². The van der Waals surface area contributed by atoms with E-state index >= 15 is 0 Å². The topological polar surface area (TPSA) is 29.3 Å². The Labute approximate surface area is 106 Å². The minimum atomic E-state index is 0.957. The molecule has 3 rings (SSSR count). The average molecular weight is 244 g/mol. The van der Waals surface area contributed by atoms with Crippen LogP contribution in [0.5, 0.6) is 0 Å². The molecule has 0 radical (unpaired) electrons. The first-order valence-corrected chi connectivity index (χ1v) is 6.82. The first-order valence-electron chi connectivity index (χ1n) is 5.94. The van der Waals surface area contributed by atoms with Crippen LogP contribution in [-0.4, -0.2) is 11.4 Å². The molecule has 0 spiro atoms. The largest absolute Gasteiger partial charge is 0.398 e. The van der Waals surface area contributed by atoms with Crippen LogP contribution in [0.4, 0.5) is 5.69 Å². The zero-order valence-corrected chi connectivity index (χ0v) is 10.5. The number of anilines is 1. The molecule has 2 aromatic rings. The molecule has 0 unspecified atom stereocenters. The van der Waals surface area contributed by atoms with Crippen LogP contribution < -0.4 is 5.73 Å². The van der Waals surface area contributed by atoms with Crippen LogP contribution in [0.1, 0.15) is 16.0 Å². The van der Waals surface area contributed by atoms with Crippen molar-refractivity contribution in [1.29, 1.82) is 0 Å². The van der Waals surface area contributed by atoms with Crippen LogP contribution in [0.25, 0.3) is 0 Å². The Bertz CT molecular complexity index is 505. The van der Waals surface area contributed by atoms with Gasteiger partial charge >= 0.3 is 0 Å². The standard InChI is InChI=1S/C14H16N2S/c15-14-5-1-3-11-9-16(7-6-13(11)14)10-12-4-2-8-17-12/h1-5,8H,6-7,9-10,15H2. The number of thiophene rings is 1.